The molecule has 0 radical (unpaired) electrons. The number of ketones is 4. The first-order valence-corrected chi connectivity index (χ1v) is 6.14. The Labute approximate surface area is 122 Å². The molecule has 0 rings (SSSR count). The number of carbonyl (C=O) groups is 4. The van der Waals surface area contributed by atoms with Gasteiger partial charge in [-0.25, -0.2) is 0 Å². The third-order valence-electron chi connectivity index (χ3n) is 2.95. The lowest BCUT2D eigenvalue weighted by Crippen LogP contribution is -2.76. The molecule has 3 atom stereocenters. The van der Waals surface area contributed by atoms with Crippen molar-refractivity contribution in [2.24, 2.45) is 0 Å². The number of hydrogen-bond acceptors (Lipinski definition) is 8. The Bertz CT molecular complexity index is 471. The van der Waals surface area contributed by atoms with Gasteiger partial charge in [0.15, 0.2) is 21.9 Å². The van der Waals surface area contributed by atoms with Crippen molar-refractivity contribution in [3.63, 3.8) is 0 Å². The molecule has 0 bridgehead atoms. The average molecular weight is 355 g/mol. The minimum Gasteiger partial charge on any atom is -0.392 e. The van der Waals surface area contributed by atoms with E-state index < -0.39 is 45.5 Å². The van der Waals surface area contributed by atoms with E-state index in [4.69, 9.17) is 5.11 Å². The van der Waals surface area contributed by atoms with Crippen LogP contribution in [0.5, 0.6) is 0 Å². The van der Waals surface area contributed by atoms with Crippen LogP contribution in [0, 0.1) is 0 Å². The summed E-state index contributed by atoms with van der Waals surface area (Å²) in [6.45, 7) is 0.700. The van der Waals surface area contributed by atoms with Crippen LogP contribution in [-0.2, 0) is 19.2 Å². The Hall–Kier alpha value is -1.00. The molecule has 0 aromatic heterocycles. The molecule has 0 heterocycles. The second kappa shape index (κ2) is 5.78. The van der Waals surface area contributed by atoms with Gasteiger partial charge in [-0.2, -0.15) is 0 Å². The van der Waals surface area contributed by atoms with Gasteiger partial charge in [-0.15, -0.1) is 0 Å². The summed E-state index contributed by atoms with van der Waals surface area (Å²) in [5, 5.41) is 39.3. The number of alkyl halides is 1. The minimum absolute atomic E-state index is 0.648. The number of halogens is 1. The number of hydrogen-bond donors (Lipinski definition) is 4. The van der Waals surface area contributed by atoms with Crippen LogP contribution in [0.3, 0.4) is 0 Å². The van der Waals surface area contributed by atoms with Gasteiger partial charge in [0.05, 0.1) is 6.61 Å². The third-order valence-corrected chi connectivity index (χ3v) is 3.78. The average Bonchev–Trinajstić information content (AvgIpc) is 2.34. The molecule has 20 heavy (non-hydrogen) atoms. The van der Waals surface area contributed by atoms with E-state index in [9.17, 15) is 34.5 Å². The van der Waals surface area contributed by atoms with Gasteiger partial charge in [0, 0.05) is 6.92 Å². The second-order valence-electron chi connectivity index (χ2n) is 4.34. The van der Waals surface area contributed by atoms with Crippen LogP contribution in [-0.4, -0.2) is 65.9 Å². The van der Waals surface area contributed by atoms with E-state index in [0.29, 0.717) is 20.8 Å². The van der Waals surface area contributed by atoms with Crippen molar-refractivity contribution in [2.75, 3.05) is 6.61 Å². The molecule has 0 amide bonds. The maximum atomic E-state index is 11.8. The topological polar surface area (TPSA) is 149 Å². The molecule has 0 aliphatic heterocycles. The van der Waals surface area contributed by atoms with Crippen LogP contribution in [0.25, 0.3) is 0 Å². The molecule has 8 nitrogen and oxygen atoms in total. The second-order valence-corrected chi connectivity index (χ2v) is 5.65. The van der Waals surface area contributed by atoms with E-state index >= 15 is 0 Å². The van der Waals surface area contributed by atoms with E-state index in [-0.39, 0.29) is 0 Å². The van der Waals surface area contributed by atoms with Gasteiger partial charge < -0.3 is 20.4 Å². The van der Waals surface area contributed by atoms with Crippen molar-refractivity contribution in [3.8, 4) is 0 Å². The lowest BCUT2D eigenvalue weighted by atomic mass is 9.70. The number of carbonyl (C=O) groups excluding carboxylic acids is 4. The van der Waals surface area contributed by atoms with Crippen molar-refractivity contribution in [3.05, 3.63) is 0 Å². The Morgan fingerprint density at radius 3 is 1.55 bits per heavy atom. The summed E-state index contributed by atoms with van der Waals surface area (Å²) in [6.07, 6.45) is 0. The van der Waals surface area contributed by atoms with Crippen LogP contribution in [0.1, 0.15) is 20.8 Å². The molecular formula is C11H15BrO8. The van der Waals surface area contributed by atoms with Gasteiger partial charge in [-0.05, 0) is 29.8 Å². The zero-order valence-corrected chi connectivity index (χ0v) is 12.6. The molecule has 0 fully saturated rings. The Kier molecular flexibility index (Phi) is 5.49. The Morgan fingerprint density at radius 2 is 1.35 bits per heavy atom. The first-order chi connectivity index (χ1) is 8.80. The molecule has 0 aromatic carbocycles. The zero-order valence-electron chi connectivity index (χ0n) is 11.0. The summed E-state index contributed by atoms with van der Waals surface area (Å²) >= 11 is 2.38. The van der Waals surface area contributed by atoms with Gasteiger partial charge in [0.2, 0.25) is 17.0 Å². The molecule has 0 aliphatic carbocycles. The highest BCUT2D eigenvalue weighted by Crippen LogP contribution is 2.39. The van der Waals surface area contributed by atoms with Crippen LogP contribution in [0.2, 0.25) is 0 Å². The smallest absolute Gasteiger partial charge is 0.240 e. The van der Waals surface area contributed by atoms with Gasteiger partial charge in [-0.1, -0.05) is 0 Å². The summed E-state index contributed by atoms with van der Waals surface area (Å²) in [5.74, 6) is -5.95. The highest BCUT2D eigenvalue weighted by Gasteiger charge is 2.70. The van der Waals surface area contributed by atoms with E-state index in [1.165, 1.54) is 0 Å². The Balaban J connectivity index is 6.53. The van der Waals surface area contributed by atoms with Crippen molar-refractivity contribution in [1.82, 2.24) is 0 Å². The largest absolute Gasteiger partial charge is 0.392 e. The number of aliphatic hydroxyl groups is 4. The summed E-state index contributed by atoms with van der Waals surface area (Å²) in [4.78, 5) is 46.1. The number of Topliss-reactive ketones (excluding diaryl/α,β-unsaturated/α-hetero) is 4. The molecule has 9 heteroatoms. The maximum absolute atomic E-state index is 11.8. The van der Waals surface area contributed by atoms with Crippen molar-refractivity contribution >= 4 is 39.1 Å². The summed E-state index contributed by atoms with van der Waals surface area (Å²) in [5.41, 5.74) is -6.99. The van der Waals surface area contributed by atoms with Gasteiger partial charge >= 0.3 is 0 Å². The zero-order chi connectivity index (χ0) is 16.5. The van der Waals surface area contributed by atoms with Crippen LogP contribution in [0.4, 0.5) is 0 Å². The molecule has 0 aliphatic rings. The standard InChI is InChI=1S/C11H15BrO8/c1-5(14)8(17)10(19,6(2)15)11(20,7(3)16)9(12,18)4-13/h13,18-20H,4H2,1-3H3/t9-,10+,11+/m1/s1. The highest BCUT2D eigenvalue weighted by atomic mass is 79.9. The van der Waals surface area contributed by atoms with Crippen LogP contribution < -0.4 is 0 Å². The fraction of sp³-hybridized carbons (Fsp3) is 0.636. The van der Waals surface area contributed by atoms with E-state index in [2.05, 4.69) is 15.9 Å². The first-order valence-electron chi connectivity index (χ1n) is 5.35. The Morgan fingerprint density at radius 1 is 0.950 bits per heavy atom. The quantitative estimate of drug-likeness (QED) is 0.230. The van der Waals surface area contributed by atoms with Crippen molar-refractivity contribution < 1.29 is 39.6 Å². The predicted octanol–water partition coefficient (Wildman–Crippen LogP) is -2.14. The fourth-order valence-electron chi connectivity index (χ4n) is 1.75. The third kappa shape index (κ3) is 2.47. The van der Waals surface area contributed by atoms with Gasteiger partial charge in [0.25, 0.3) is 0 Å². The van der Waals surface area contributed by atoms with Crippen molar-refractivity contribution in [2.45, 2.75) is 36.5 Å². The van der Waals surface area contributed by atoms with Crippen LogP contribution in [0.15, 0.2) is 0 Å². The monoisotopic (exact) mass is 354 g/mol. The summed E-state index contributed by atoms with van der Waals surface area (Å²) < 4.78 is -2.92. The summed E-state index contributed by atoms with van der Waals surface area (Å²) in [6, 6.07) is 0. The highest BCUT2D eigenvalue weighted by molar-refractivity contribution is 9.10. The SMILES string of the molecule is CC(=O)C(=O)[C@@](O)(C(C)=O)[C@](O)(C(C)=O)[C@@](O)(Br)CO. The first kappa shape index (κ1) is 19.0. The molecule has 0 spiro atoms. The van der Waals surface area contributed by atoms with E-state index in [0.717, 1.165) is 0 Å². The minimum atomic E-state index is -3.54. The molecule has 0 unspecified atom stereocenters. The number of aliphatic hydroxyl groups excluding tert-OH is 1. The molecule has 0 saturated heterocycles. The molecule has 0 saturated carbocycles. The molecule has 4 N–H and O–H groups in total. The van der Waals surface area contributed by atoms with Gasteiger partial charge in [-0.3, -0.25) is 19.2 Å². The van der Waals surface area contributed by atoms with E-state index in [1.807, 2.05) is 0 Å². The van der Waals surface area contributed by atoms with Gasteiger partial charge in [0.1, 0.15) is 0 Å². The molecule has 114 valence electrons. The van der Waals surface area contributed by atoms with E-state index in [1.54, 1.807) is 0 Å². The van der Waals surface area contributed by atoms with Crippen LogP contribution >= 0.6 is 15.9 Å². The maximum Gasteiger partial charge on any atom is 0.240 e. The molecule has 0 aromatic rings. The molecular weight excluding hydrogens is 340 g/mol. The summed E-state index contributed by atoms with van der Waals surface area (Å²) in [7, 11) is 0. The normalized spacial score (nSPS) is 20.2. The fourth-order valence-corrected chi connectivity index (χ4v) is 2.32. The lowest BCUT2D eigenvalue weighted by Gasteiger charge is -2.44. The predicted molar refractivity (Wildman–Crippen MR) is 67.9 cm³/mol. The number of rotatable bonds is 7. The van der Waals surface area contributed by atoms with Crippen molar-refractivity contribution in [1.29, 1.82) is 0 Å². The lowest BCUT2D eigenvalue weighted by molar-refractivity contribution is -0.213.